The van der Waals surface area contributed by atoms with Crippen molar-refractivity contribution in [1.82, 2.24) is 37.2 Å². The molecular formula is C87H100Cl3N11O27S+2. The number of nitrogens with one attached hydrogen (secondary N) is 7. The van der Waals surface area contributed by atoms with Crippen LogP contribution in [0.15, 0.2) is 127 Å². The molecule has 1 aromatic heterocycles. The molecule has 4 saturated heterocycles. The van der Waals surface area contributed by atoms with E-state index in [1.54, 1.807) is 12.1 Å². The number of hydrogen-bond donors (Lipinski definition) is 21. The zero-order chi connectivity index (χ0) is 93.0. The summed E-state index contributed by atoms with van der Waals surface area (Å²) in [6.45, 7) is 6.41. The minimum Gasteiger partial charge on any atom is -0.508 e. The second-order valence-electron chi connectivity index (χ2n) is 33.6. The van der Waals surface area contributed by atoms with Crippen molar-refractivity contribution in [3.05, 3.63) is 174 Å². The number of phenols is 3. The molecular weight excluding hydrogens is 1770 g/mol. The summed E-state index contributed by atoms with van der Waals surface area (Å²) in [5.74, 6) is -14.0. The molecule has 10 heterocycles. The van der Waals surface area contributed by atoms with Crippen LogP contribution in [0.2, 0.25) is 15.1 Å². The number of phenolic OH excluding ortho intramolecular Hbond substituents is 3. The van der Waals surface area contributed by atoms with Crippen LogP contribution in [-0.2, 0) is 68.6 Å². The fourth-order valence-electron chi connectivity index (χ4n) is 17.2. The summed E-state index contributed by atoms with van der Waals surface area (Å²) in [6.07, 6.45) is -25.5. The Morgan fingerprint density at radius 1 is 0.721 bits per heavy atom. The van der Waals surface area contributed by atoms with Gasteiger partial charge in [-0.25, -0.2) is 18.9 Å². The molecule has 0 radical (unpaired) electrons. The lowest BCUT2D eigenvalue weighted by molar-refractivity contribution is -0.727. The molecule has 6 aromatic carbocycles. The van der Waals surface area contributed by atoms with Crippen LogP contribution in [0.5, 0.6) is 46.0 Å². The topological polar surface area (TPSA) is 597 Å². The van der Waals surface area contributed by atoms with Crippen LogP contribution in [0.3, 0.4) is 0 Å². The number of likely N-dealkylation sites (N-methyl/N-ethyl adjacent to an activating group) is 1. The molecule has 690 valence electrons. The average molecular weight is 1870 g/mol. The van der Waals surface area contributed by atoms with Crippen LogP contribution in [0, 0.1) is 5.92 Å². The summed E-state index contributed by atoms with van der Waals surface area (Å²) >= 11 is 22.2. The van der Waals surface area contributed by atoms with Gasteiger partial charge in [-0.1, -0.05) is 79.0 Å². The molecule has 11 bridgehead atoms. The molecule has 42 heteroatoms. The number of fused-ring (bicyclic) bond motifs is 13. The van der Waals surface area contributed by atoms with Crippen molar-refractivity contribution in [2.24, 2.45) is 17.4 Å². The molecule has 25 N–H and O–H groups in total. The Kier molecular flexibility index (Phi) is 28.4. The standard InChI is InChI=1S/C87H98Cl3N11O27S/c1-34(2)19-50(94-6)80(115)100-68-71(108)40-11-17-56(48(90)22-40)123-59-24-41-23-58(76(59)127-86-75(112)74(111)77(61(33-102)126-86)128-85-69(96-36(4)103)73(110)72(109)60(125-85)31-95-30-44-14-18-62(129-44)37-7-12-42(88)13-8-37)122-55-16-10-38(21-47(55)89)57(124-64-29-87(5,93)78(113)35(3)121-64)28-63(107)98-67(84(119)120)46-25-43(104)26-54(106)65(46)45-20-39(9-15-53(45)105)66(79(92)114)99-82(117)70(41)101-32-52(101)49(91)27-51(83(101)118)97-81(68)116/h7-18,20-26,34-35,50-51,57,60-61,64,66-75,77-78,85-86,94-95,102,108-113H,19,27-33,91,93H2,1-6H3,(H10-,92,96,97,98,99,100,103,104,105,106,107,114,115,116,117,119,120)/p+2. The van der Waals surface area contributed by atoms with Gasteiger partial charge in [0.15, 0.2) is 54.4 Å². The van der Waals surface area contributed by atoms with E-state index in [2.05, 4.69) is 43.0 Å². The van der Waals surface area contributed by atoms with Crippen molar-refractivity contribution < 1.29 is 143 Å². The number of halogens is 3. The van der Waals surface area contributed by atoms with Gasteiger partial charge in [0.1, 0.15) is 89.7 Å². The van der Waals surface area contributed by atoms with Gasteiger partial charge < -0.3 is 143 Å². The van der Waals surface area contributed by atoms with Gasteiger partial charge in [-0.05, 0) is 134 Å². The number of aromatic hydroxyl groups is 3. The first-order valence-corrected chi connectivity index (χ1v) is 43.2. The van der Waals surface area contributed by atoms with Gasteiger partial charge in [0.25, 0.3) is 5.91 Å². The highest BCUT2D eigenvalue weighted by atomic mass is 35.5. The Bertz CT molecular complexity index is 5520. The van der Waals surface area contributed by atoms with Crippen molar-refractivity contribution in [1.29, 1.82) is 0 Å². The van der Waals surface area contributed by atoms with Gasteiger partial charge in [0, 0.05) is 81.5 Å². The normalized spacial score (nSPS) is 30.2. The molecule has 23 atom stereocenters. The van der Waals surface area contributed by atoms with E-state index < -0.39 is 263 Å². The Hall–Kier alpha value is -10.3. The molecule has 0 aliphatic carbocycles. The third-order valence-electron chi connectivity index (χ3n) is 23.8. The number of thiophene rings is 1. The number of nitrogens with zero attached hydrogens (tertiary/aromatic N) is 1. The van der Waals surface area contributed by atoms with E-state index in [1.807, 2.05) is 38.1 Å². The Labute approximate surface area is 756 Å². The fourth-order valence-corrected chi connectivity index (χ4v) is 18.8. The summed E-state index contributed by atoms with van der Waals surface area (Å²) in [7, 11) is 1.51. The zero-order valence-electron chi connectivity index (χ0n) is 70.1. The molecule has 4 fully saturated rings. The summed E-state index contributed by atoms with van der Waals surface area (Å²) < 4.78 is 51.1. The lowest BCUT2D eigenvalue weighted by Crippen LogP contribution is -2.68. The molecule has 9 aliphatic rings. The van der Waals surface area contributed by atoms with E-state index in [0.29, 0.717) is 5.02 Å². The molecule has 38 nitrogen and oxygen atoms in total. The van der Waals surface area contributed by atoms with E-state index in [9.17, 15) is 80.1 Å². The van der Waals surface area contributed by atoms with Crippen molar-refractivity contribution in [3.8, 4) is 67.6 Å². The highest BCUT2D eigenvalue weighted by Crippen LogP contribution is 2.56. The number of ether oxygens (including phenoxy) is 8. The van der Waals surface area contributed by atoms with Gasteiger partial charge >= 0.3 is 17.8 Å². The number of rotatable bonds is 20. The van der Waals surface area contributed by atoms with E-state index in [1.165, 1.54) is 68.6 Å². The number of benzene rings is 6. The lowest BCUT2D eigenvalue weighted by Gasteiger charge is -2.47. The second kappa shape index (κ2) is 38.6. The highest BCUT2D eigenvalue weighted by molar-refractivity contribution is 7.15. The average Bonchev–Trinajstić information content (AvgIpc) is 1.52. The van der Waals surface area contributed by atoms with Crippen molar-refractivity contribution in [2.45, 2.75) is 201 Å². The highest BCUT2D eigenvalue weighted by Gasteiger charge is 2.70. The molecule has 23 unspecified atom stereocenters. The van der Waals surface area contributed by atoms with Crippen molar-refractivity contribution in [2.75, 3.05) is 26.7 Å². The molecule has 129 heavy (non-hydrogen) atoms. The number of aliphatic carboxylic acids is 1. The van der Waals surface area contributed by atoms with E-state index >= 15 is 14.4 Å². The van der Waals surface area contributed by atoms with Gasteiger partial charge in [0.2, 0.25) is 41.7 Å². The minimum absolute atomic E-state index is 0.0201. The number of carboxylic acids is 1. The SMILES string of the molecule is CNC(CC(C)C)C(=O)NC1C(=O)NC2CC(N)=C3C[N+]3(C2=O)C2C(=O)NC(C([NH3+])=O)c3ccc(O)c(c3)-c3c(O)cc(O)cc3C(C(=O)O)NC(=O)CC(OC3CC(C)(N)C(O)C(C)O3)c3ccc(c(Cl)c3)Oc3cc2cc(c3OC2OC(CO)C(OC3OC(CNCc4ccc(-c5ccc(Cl)cc5)s4)C(O)C(O)C3NC(C)=O)C(O)C2O)Oc2ccc(cc2Cl)C1O. The number of nitrogens with two attached hydrogens (primary N) is 2. The Morgan fingerprint density at radius 3 is 2.02 bits per heavy atom. The molecule has 0 saturated carbocycles. The molecule has 9 aliphatic heterocycles. The quantitative estimate of drug-likeness (QED) is 0.0385. The number of aliphatic hydroxyl groups excluding tert-OH is 7. The van der Waals surface area contributed by atoms with E-state index in [-0.39, 0.29) is 87.0 Å². The summed E-state index contributed by atoms with van der Waals surface area (Å²) in [5, 5.41) is 149. The maximum absolute atomic E-state index is 16.7. The molecule has 16 rings (SSSR count). The predicted octanol–water partition coefficient (Wildman–Crippen LogP) is 2.85. The number of carbonyl (C=O) groups is 8. The number of amides is 7. The smallest absolute Gasteiger partial charge is 0.342 e. The third-order valence-corrected chi connectivity index (χ3v) is 25.8. The largest absolute Gasteiger partial charge is 0.508 e. The van der Waals surface area contributed by atoms with E-state index in [4.69, 9.17) is 84.2 Å². The number of aliphatic hydroxyl groups is 7. The third kappa shape index (κ3) is 19.9. The van der Waals surface area contributed by atoms with Crippen LogP contribution in [0.25, 0.3) is 21.6 Å². The fraction of sp³-hybridized carbons (Fsp3) is 0.425. The Morgan fingerprint density at radius 2 is 1.39 bits per heavy atom. The number of carboxylic acid groups (broad SMARTS) is 1. The minimum atomic E-state index is -2.35. The Balaban J connectivity index is 0.930. The van der Waals surface area contributed by atoms with Crippen LogP contribution >= 0.6 is 46.1 Å². The van der Waals surface area contributed by atoms with Crippen molar-refractivity contribution in [3.63, 3.8) is 0 Å². The number of hydrogen-bond acceptors (Lipinski definition) is 31. The van der Waals surface area contributed by atoms with Crippen LogP contribution in [0.1, 0.15) is 123 Å². The summed E-state index contributed by atoms with van der Waals surface area (Å²) in [6, 6.07) is 13.0. The van der Waals surface area contributed by atoms with Crippen LogP contribution in [-0.4, -0.2) is 238 Å². The van der Waals surface area contributed by atoms with Gasteiger partial charge in [-0.3, -0.25) is 29.7 Å². The number of quaternary nitrogens is 2. The first kappa shape index (κ1) is 94.8. The van der Waals surface area contributed by atoms with Crippen molar-refractivity contribution >= 4 is 93.5 Å². The van der Waals surface area contributed by atoms with Gasteiger partial charge in [0.05, 0.1) is 53.1 Å². The maximum atomic E-state index is 16.7. The molecule has 7 amide bonds. The van der Waals surface area contributed by atoms with Gasteiger partial charge in [-0.15, -0.1) is 11.3 Å². The van der Waals surface area contributed by atoms with Gasteiger partial charge in [-0.2, -0.15) is 0 Å². The predicted molar refractivity (Wildman–Crippen MR) is 458 cm³/mol. The molecule has 7 aromatic rings. The lowest BCUT2D eigenvalue weighted by atomic mass is 9.86. The van der Waals surface area contributed by atoms with E-state index in [0.717, 1.165) is 64.7 Å². The first-order chi connectivity index (χ1) is 61.1. The van der Waals surface area contributed by atoms with Crippen LogP contribution < -0.4 is 68.6 Å². The maximum Gasteiger partial charge on any atom is 0.342 e. The number of carbonyl (C=O) groups excluding carboxylic acids is 7. The monoisotopic (exact) mass is 1870 g/mol. The first-order valence-electron chi connectivity index (χ1n) is 41.3. The zero-order valence-corrected chi connectivity index (χ0v) is 73.2. The molecule has 1 spiro atoms. The summed E-state index contributed by atoms with van der Waals surface area (Å²) in [5.41, 5.74) is 14.5. The summed E-state index contributed by atoms with van der Waals surface area (Å²) in [4.78, 5) is 120. The van der Waals surface area contributed by atoms with Crippen LogP contribution in [0.4, 0.5) is 0 Å². The second-order valence-corrected chi connectivity index (χ2v) is 36.0.